The van der Waals surface area contributed by atoms with Crippen LogP contribution in [0.2, 0.25) is 5.02 Å². The number of hydrogen-bond donors (Lipinski definition) is 1. The normalized spacial score (nSPS) is 27.9. The maximum Gasteiger partial charge on any atom is 0.312 e. The van der Waals surface area contributed by atoms with E-state index in [1.807, 2.05) is 37.3 Å². The zero-order valence-electron chi connectivity index (χ0n) is 24.5. The molecule has 3 fully saturated rings. The first-order chi connectivity index (χ1) is 20.7. The van der Waals surface area contributed by atoms with Crippen molar-refractivity contribution >= 4 is 35.1 Å². The second kappa shape index (κ2) is 12.6. The predicted octanol–water partition coefficient (Wildman–Crippen LogP) is 4.74. The summed E-state index contributed by atoms with van der Waals surface area (Å²) in [7, 11) is 0. The van der Waals surface area contributed by atoms with Crippen LogP contribution in [0, 0.1) is 11.8 Å². The maximum atomic E-state index is 14.8. The molecule has 0 aromatic heterocycles. The lowest BCUT2D eigenvalue weighted by Crippen LogP contribution is -2.59. The van der Waals surface area contributed by atoms with Crippen molar-refractivity contribution in [3.8, 4) is 0 Å². The van der Waals surface area contributed by atoms with Crippen molar-refractivity contribution in [2.24, 2.45) is 11.8 Å². The number of halogens is 1. The van der Waals surface area contributed by atoms with Gasteiger partial charge in [-0.3, -0.25) is 14.4 Å². The minimum atomic E-state index is -1.26. The van der Waals surface area contributed by atoms with Gasteiger partial charge < -0.3 is 24.4 Å². The summed E-state index contributed by atoms with van der Waals surface area (Å²) in [5, 5.41) is 11.2. The van der Waals surface area contributed by atoms with Gasteiger partial charge in [0.15, 0.2) is 0 Å². The van der Waals surface area contributed by atoms with Crippen LogP contribution in [0.3, 0.4) is 0 Å². The highest BCUT2D eigenvalue weighted by Crippen LogP contribution is 2.63. The maximum absolute atomic E-state index is 14.8. The topological polar surface area (TPSA) is 96.4 Å². The molecule has 2 unspecified atom stereocenters. The first-order valence-electron chi connectivity index (χ1n) is 14.8. The van der Waals surface area contributed by atoms with Crippen LogP contribution in [0.4, 0.5) is 5.69 Å². The number of esters is 1. The number of likely N-dealkylation sites (tertiary alicyclic amines) is 1. The summed E-state index contributed by atoms with van der Waals surface area (Å²) < 4.78 is 12.4. The smallest absolute Gasteiger partial charge is 0.312 e. The van der Waals surface area contributed by atoms with Gasteiger partial charge in [0, 0.05) is 17.3 Å². The molecule has 3 aliphatic heterocycles. The van der Waals surface area contributed by atoms with Gasteiger partial charge >= 0.3 is 5.97 Å². The highest BCUT2D eigenvalue weighted by molar-refractivity contribution is 6.30. The Balaban J connectivity index is 1.58. The molecule has 2 bridgehead atoms. The number of aliphatic hydroxyl groups excluding tert-OH is 1. The van der Waals surface area contributed by atoms with Crippen LogP contribution < -0.4 is 4.90 Å². The van der Waals surface area contributed by atoms with Gasteiger partial charge in [-0.2, -0.15) is 0 Å². The summed E-state index contributed by atoms with van der Waals surface area (Å²) in [5.41, 5.74) is -0.727. The molecule has 8 nitrogen and oxygen atoms in total. The molecule has 0 radical (unpaired) electrons. The molecule has 0 aliphatic carbocycles. The molecular formula is C34H39ClN2O6. The van der Waals surface area contributed by atoms with Crippen molar-refractivity contribution < 1.29 is 29.0 Å². The molecule has 3 aliphatic rings. The lowest BCUT2D eigenvalue weighted by molar-refractivity contribution is -0.160. The van der Waals surface area contributed by atoms with Crippen LogP contribution in [0.5, 0.6) is 0 Å². The minimum Gasteiger partial charge on any atom is -0.465 e. The second-order valence-corrected chi connectivity index (χ2v) is 12.2. The van der Waals surface area contributed by atoms with E-state index in [2.05, 4.69) is 13.2 Å². The molecule has 43 heavy (non-hydrogen) atoms. The van der Waals surface area contributed by atoms with Gasteiger partial charge in [-0.1, -0.05) is 54.1 Å². The Labute approximate surface area is 257 Å². The van der Waals surface area contributed by atoms with Crippen LogP contribution in [-0.2, 0) is 30.3 Å². The van der Waals surface area contributed by atoms with Gasteiger partial charge in [0.25, 0.3) is 5.91 Å². The molecule has 1 spiro atoms. The summed E-state index contributed by atoms with van der Waals surface area (Å²) in [5.74, 6) is -3.04. The Hall–Kier alpha value is -3.46. The number of rotatable bonds is 13. The lowest BCUT2D eigenvalue weighted by atomic mass is 9.66. The molecule has 9 heteroatoms. The van der Waals surface area contributed by atoms with Crippen LogP contribution in [-0.4, -0.2) is 70.8 Å². The zero-order valence-corrected chi connectivity index (χ0v) is 25.2. The van der Waals surface area contributed by atoms with Gasteiger partial charge in [0.1, 0.15) is 17.6 Å². The van der Waals surface area contributed by atoms with Gasteiger partial charge in [-0.05, 0) is 68.9 Å². The first kappa shape index (κ1) is 31.0. The number of unbranched alkanes of at least 4 members (excludes halogenated alkanes) is 1. The Bertz CT molecular complexity index is 1370. The predicted molar refractivity (Wildman–Crippen MR) is 164 cm³/mol. The number of aliphatic hydroxyl groups is 1. The van der Waals surface area contributed by atoms with Crippen LogP contribution in [0.25, 0.3) is 0 Å². The number of anilines is 1. The van der Waals surface area contributed by atoms with Crippen molar-refractivity contribution in [2.75, 3.05) is 24.7 Å². The molecule has 3 heterocycles. The monoisotopic (exact) mass is 606 g/mol. The molecular weight excluding hydrogens is 568 g/mol. The molecule has 0 saturated carbocycles. The standard InChI is InChI=1S/C34H39ClN2O6/c1-4-6-10-20-42-32(41)28-27-30(39)37(26(22-38)21-23-11-8-7-9-12-23)29(34(27)18-17-33(28,3)43-34)31(40)36(19-5-2)25-15-13-24(35)14-16-25/h4-5,7-9,11-16,26-29,38H,1-2,6,10,17-22H2,3H3/t26-,27+,28-,29?,33+,34?/m1/s1. The molecule has 6 atom stereocenters. The van der Waals surface area contributed by atoms with Crippen LogP contribution >= 0.6 is 11.6 Å². The van der Waals surface area contributed by atoms with E-state index in [1.54, 1.807) is 41.3 Å². The summed E-state index contributed by atoms with van der Waals surface area (Å²) in [4.78, 5) is 46.0. The minimum absolute atomic E-state index is 0.175. The Morgan fingerprint density at radius 1 is 1.16 bits per heavy atom. The molecule has 5 rings (SSSR count). The number of ether oxygens (including phenoxy) is 2. The molecule has 2 amide bonds. The van der Waals surface area contributed by atoms with E-state index >= 15 is 0 Å². The third kappa shape index (κ3) is 5.52. The van der Waals surface area contributed by atoms with Crippen LogP contribution in [0.1, 0.15) is 38.2 Å². The number of allylic oxidation sites excluding steroid dienone is 1. The van der Waals surface area contributed by atoms with Crippen molar-refractivity contribution in [1.82, 2.24) is 4.90 Å². The Morgan fingerprint density at radius 3 is 2.53 bits per heavy atom. The van der Waals surface area contributed by atoms with Gasteiger partial charge in [0.05, 0.1) is 30.8 Å². The number of fused-ring (bicyclic) bond motifs is 1. The van der Waals surface area contributed by atoms with E-state index in [9.17, 15) is 19.5 Å². The molecule has 228 valence electrons. The third-order valence-corrected chi connectivity index (χ3v) is 9.39. The number of amides is 2. The highest BCUT2D eigenvalue weighted by Gasteiger charge is 2.79. The van der Waals surface area contributed by atoms with Crippen molar-refractivity contribution in [3.05, 3.63) is 90.5 Å². The second-order valence-electron chi connectivity index (χ2n) is 11.8. The zero-order chi connectivity index (χ0) is 30.8. The number of benzene rings is 2. The van der Waals surface area contributed by atoms with E-state index in [1.165, 1.54) is 4.90 Å². The van der Waals surface area contributed by atoms with Crippen molar-refractivity contribution in [3.63, 3.8) is 0 Å². The van der Waals surface area contributed by atoms with E-state index in [0.717, 1.165) is 5.56 Å². The average Bonchev–Trinajstić information content (AvgIpc) is 3.58. The largest absolute Gasteiger partial charge is 0.465 e. The number of carbonyl (C=O) groups excluding carboxylic acids is 3. The summed E-state index contributed by atoms with van der Waals surface area (Å²) in [6, 6.07) is 14.6. The molecule has 2 aromatic carbocycles. The van der Waals surface area contributed by atoms with Crippen LogP contribution in [0.15, 0.2) is 79.9 Å². The van der Waals surface area contributed by atoms with Gasteiger partial charge in [-0.25, -0.2) is 0 Å². The SMILES string of the molecule is C=CCCCOC(=O)[C@H]1[C@H]2C(=O)N([C@@H](CO)Cc3ccccc3)C(C(=O)N(CC=C)c3ccc(Cl)cc3)C23CC[C@]1(C)O3. The molecule has 1 N–H and O–H groups in total. The van der Waals surface area contributed by atoms with Gasteiger partial charge in [0.2, 0.25) is 5.91 Å². The van der Waals surface area contributed by atoms with Gasteiger partial charge in [-0.15, -0.1) is 13.2 Å². The third-order valence-electron chi connectivity index (χ3n) is 9.13. The number of carbonyl (C=O) groups is 3. The summed E-state index contributed by atoms with van der Waals surface area (Å²) >= 11 is 6.14. The molecule has 2 aromatic rings. The van der Waals surface area contributed by atoms with Crippen molar-refractivity contribution in [2.45, 2.75) is 62.3 Å². The van der Waals surface area contributed by atoms with Crippen molar-refractivity contribution in [1.29, 1.82) is 0 Å². The quantitative estimate of drug-likeness (QED) is 0.201. The first-order valence-corrected chi connectivity index (χ1v) is 15.2. The van der Waals surface area contributed by atoms with E-state index < -0.39 is 41.1 Å². The lowest BCUT2D eigenvalue weighted by Gasteiger charge is -2.39. The highest BCUT2D eigenvalue weighted by atomic mass is 35.5. The van der Waals surface area contributed by atoms with E-state index in [-0.39, 0.29) is 31.6 Å². The number of hydrogen-bond acceptors (Lipinski definition) is 6. The summed E-state index contributed by atoms with van der Waals surface area (Å²) in [6.07, 6.45) is 5.93. The fourth-order valence-electron chi connectivity index (χ4n) is 7.24. The average molecular weight is 607 g/mol. The number of nitrogens with zero attached hydrogens (tertiary/aromatic N) is 2. The summed E-state index contributed by atoms with van der Waals surface area (Å²) in [6.45, 7) is 9.41. The van der Waals surface area contributed by atoms with E-state index in [0.29, 0.717) is 42.8 Å². The fourth-order valence-corrected chi connectivity index (χ4v) is 7.37. The Morgan fingerprint density at radius 2 is 1.88 bits per heavy atom. The fraction of sp³-hybridized carbons (Fsp3) is 0.441. The van der Waals surface area contributed by atoms with E-state index in [4.69, 9.17) is 21.1 Å². The molecule has 3 saturated heterocycles. The Kier molecular flexibility index (Phi) is 9.11.